The van der Waals surface area contributed by atoms with Gasteiger partial charge in [0.15, 0.2) is 0 Å². The number of likely N-dealkylation sites (tertiary alicyclic amines) is 1. The fraction of sp³-hybridized carbons (Fsp3) is 0.941. The molecule has 1 aliphatic carbocycles. The van der Waals surface area contributed by atoms with Crippen LogP contribution in [0.15, 0.2) is 0 Å². The maximum atomic E-state index is 11.9. The highest BCUT2D eigenvalue weighted by molar-refractivity contribution is 5.75. The van der Waals surface area contributed by atoms with Crippen molar-refractivity contribution < 1.29 is 4.79 Å². The van der Waals surface area contributed by atoms with Crippen molar-refractivity contribution in [2.75, 3.05) is 26.2 Å². The van der Waals surface area contributed by atoms with E-state index in [1.165, 1.54) is 58.0 Å². The molecule has 1 heterocycles. The third-order valence-electron chi connectivity index (χ3n) is 5.05. The summed E-state index contributed by atoms with van der Waals surface area (Å²) in [5.74, 6) is 0.897. The predicted octanol–water partition coefficient (Wildman–Crippen LogP) is 2.28. The van der Waals surface area contributed by atoms with E-state index in [4.69, 9.17) is 5.73 Å². The highest BCUT2D eigenvalue weighted by Gasteiger charge is 2.19. The van der Waals surface area contributed by atoms with Gasteiger partial charge in [-0.15, -0.1) is 0 Å². The molecule has 0 radical (unpaired) electrons. The van der Waals surface area contributed by atoms with Crippen molar-refractivity contribution in [3.8, 4) is 0 Å². The highest BCUT2D eigenvalue weighted by atomic mass is 16.1. The Morgan fingerprint density at radius 3 is 2.57 bits per heavy atom. The van der Waals surface area contributed by atoms with Gasteiger partial charge >= 0.3 is 0 Å². The summed E-state index contributed by atoms with van der Waals surface area (Å²) in [5.41, 5.74) is 6.00. The minimum absolute atomic E-state index is 0.226. The fourth-order valence-electron chi connectivity index (χ4n) is 3.73. The molecule has 0 aromatic heterocycles. The number of nitrogens with one attached hydrogen (secondary N) is 1. The molecule has 21 heavy (non-hydrogen) atoms. The van der Waals surface area contributed by atoms with Crippen molar-refractivity contribution in [3.63, 3.8) is 0 Å². The van der Waals surface area contributed by atoms with E-state index < -0.39 is 0 Å². The molecule has 2 unspecified atom stereocenters. The van der Waals surface area contributed by atoms with Gasteiger partial charge < -0.3 is 16.0 Å². The van der Waals surface area contributed by atoms with Crippen LogP contribution in [0.25, 0.3) is 0 Å². The Labute approximate surface area is 129 Å². The monoisotopic (exact) mass is 295 g/mol. The Hall–Kier alpha value is -0.610. The van der Waals surface area contributed by atoms with Crippen LogP contribution >= 0.6 is 0 Å². The second kappa shape index (κ2) is 9.42. The van der Waals surface area contributed by atoms with Gasteiger partial charge in [-0.05, 0) is 51.1 Å². The normalized spacial score (nSPS) is 28.0. The molecule has 0 aromatic rings. The molecule has 1 saturated heterocycles. The summed E-state index contributed by atoms with van der Waals surface area (Å²) >= 11 is 0. The van der Waals surface area contributed by atoms with Gasteiger partial charge in [0.2, 0.25) is 5.91 Å². The van der Waals surface area contributed by atoms with Gasteiger partial charge in [0.05, 0.1) is 0 Å². The molecule has 2 aliphatic rings. The van der Waals surface area contributed by atoms with Gasteiger partial charge in [0.1, 0.15) is 0 Å². The molecule has 1 saturated carbocycles. The van der Waals surface area contributed by atoms with E-state index in [9.17, 15) is 4.79 Å². The smallest absolute Gasteiger partial charge is 0.220 e. The largest absolute Gasteiger partial charge is 0.355 e. The molecule has 4 heteroatoms. The fourth-order valence-corrected chi connectivity index (χ4v) is 3.73. The minimum Gasteiger partial charge on any atom is -0.355 e. The van der Waals surface area contributed by atoms with Crippen LogP contribution in [0.3, 0.4) is 0 Å². The van der Waals surface area contributed by atoms with Crippen LogP contribution in [0.2, 0.25) is 0 Å². The average Bonchev–Trinajstić information content (AvgIpc) is 2.74. The number of carbonyl (C=O) groups excluding carboxylic acids is 1. The van der Waals surface area contributed by atoms with Gasteiger partial charge in [-0.1, -0.05) is 25.7 Å². The Bertz CT molecular complexity index is 300. The molecule has 3 N–H and O–H groups in total. The standard InChI is InChI=1S/C17H33N3O/c18-16-7-5-6-15(14-16)8-9-17(21)19-10-13-20-11-3-1-2-4-12-20/h15-16H,1-14,18H2,(H,19,21). The van der Waals surface area contributed by atoms with E-state index >= 15 is 0 Å². The van der Waals surface area contributed by atoms with Crippen LogP contribution < -0.4 is 11.1 Å². The summed E-state index contributed by atoms with van der Waals surface area (Å²) in [6, 6.07) is 0.370. The molecule has 1 aliphatic heterocycles. The number of carbonyl (C=O) groups is 1. The Kier molecular flexibility index (Phi) is 7.51. The third kappa shape index (κ3) is 6.79. The predicted molar refractivity (Wildman–Crippen MR) is 87.1 cm³/mol. The maximum absolute atomic E-state index is 11.9. The van der Waals surface area contributed by atoms with E-state index in [1.807, 2.05) is 0 Å². The molecule has 2 fully saturated rings. The zero-order chi connectivity index (χ0) is 14.9. The SMILES string of the molecule is NC1CCCC(CCC(=O)NCCN2CCCCCC2)C1. The number of rotatable bonds is 6. The molecular weight excluding hydrogens is 262 g/mol. The average molecular weight is 295 g/mol. The van der Waals surface area contributed by atoms with Crippen LogP contribution in [-0.2, 0) is 4.79 Å². The molecule has 0 spiro atoms. The topological polar surface area (TPSA) is 58.4 Å². The first-order chi connectivity index (χ1) is 10.2. The van der Waals surface area contributed by atoms with E-state index in [2.05, 4.69) is 10.2 Å². The molecule has 0 bridgehead atoms. The van der Waals surface area contributed by atoms with E-state index in [1.54, 1.807) is 0 Å². The molecular formula is C17H33N3O. The van der Waals surface area contributed by atoms with Gasteiger partial charge in [-0.2, -0.15) is 0 Å². The summed E-state index contributed by atoms with van der Waals surface area (Å²) in [5, 5.41) is 3.09. The molecule has 2 rings (SSSR count). The first-order valence-corrected chi connectivity index (χ1v) is 8.98. The molecule has 1 amide bonds. The number of nitrogens with two attached hydrogens (primary N) is 1. The zero-order valence-corrected chi connectivity index (χ0v) is 13.5. The number of amides is 1. The van der Waals surface area contributed by atoms with Crippen molar-refractivity contribution >= 4 is 5.91 Å². The highest BCUT2D eigenvalue weighted by Crippen LogP contribution is 2.26. The second-order valence-corrected chi connectivity index (χ2v) is 6.94. The summed E-state index contributed by atoms with van der Waals surface area (Å²) in [6.07, 6.45) is 11.8. The van der Waals surface area contributed by atoms with Crippen molar-refractivity contribution in [2.24, 2.45) is 11.7 Å². The van der Waals surface area contributed by atoms with Crippen molar-refractivity contribution in [3.05, 3.63) is 0 Å². The Morgan fingerprint density at radius 1 is 1.10 bits per heavy atom. The lowest BCUT2D eigenvalue weighted by atomic mass is 9.83. The summed E-state index contributed by atoms with van der Waals surface area (Å²) in [7, 11) is 0. The van der Waals surface area contributed by atoms with E-state index in [0.29, 0.717) is 18.4 Å². The molecule has 0 aromatic carbocycles. The van der Waals surface area contributed by atoms with Crippen LogP contribution in [0.4, 0.5) is 0 Å². The van der Waals surface area contributed by atoms with Crippen LogP contribution in [-0.4, -0.2) is 43.0 Å². The third-order valence-corrected chi connectivity index (χ3v) is 5.05. The van der Waals surface area contributed by atoms with Gasteiger partial charge in [0.25, 0.3) is 0 Å². The minimum atomic E-state index is 0.226. The summed E-state index contributed by atoms with van der Waals surface area (Å²) < 4.78 is 0. The quantitative estimate of drug-likeness (QED) is 0.790. The van der Waals surface area contributed by atoms with Crippen molar-refractivity contribution in [2.45, 2.75) is 70.3 Å². The molecule has 4 nitrogen and oxygen atoms in total. The van der Waals surface area contributed by atoms with E-state index in [0.717, 1.165) is 25.9 Å². The summed E-state index contributed by atoms with van der Waals surface area (Å²) in [6.45, 7) is 4.23. The first-order valence-electron chi connectivity index (χ1n) is 8.98. The lowest BCUT2D eigenvalue weighted by Crippen LogP contribution is -2.35. The zero-order valence-electron chi connectivity index (χ0n) is 13.5. The van der Waals surface area contributed by atoms with Gasteiger partial charge in [0, 0.05) is 25.6 Å². The van der Waals surface area contributed by atoms with Crippen LogP contribution in [0, 0.1) is 5.92 Å². The van der Waals surface area contributed by atoms with Gasteiger partial charge in [-0.3, -0.25) is 4.79 Å². The first kappa shape index (κ1) is 16.8. The Balaban J connectivity index is 1.52. The molecule has 2 atom stereocenters. The van der Waals surface area contributed by atoms with Crippen molar-refractivity contribution in [1.82, 2.24) is 10.2 Å². The van der Waals surface area contributed by atoms with Gasteiger partial charge in [-0.25, -0.2) is 0 Å². The second-order valence-electron chi connectivity index (χ2n) is 6.94. The van der Waals surface area contributed by atoms with Crippen LogP contribution in [0.5, 0.6) is 0 Å². The lowest BCUT2D eigenvalue weighted by molar-refractivity contribution is -0.121. The lowest BCUT2D eigenvalue weighted by Gasteiger charge is -2.26. The summed E-state index contributed by atoms with van der Waals surface area (Å²) in [4.78, 5) is 14.4. The van der Waals surface area contributed by atoms with Crippen molar-refractivity contribution in [1.29, 1.82) is 0 Å². The van der Waals surface area contributed by atoms with Crippen LogP contribution in [0.1, 0.15) is 64.2 Å². The molecule has 122 valence electrons. The number of hydrogen-bond acceptors (Lipinski definition) is 3. The van der Waals surface area contributed by atoms with E-state index in [-0.39, 0.29) is 5.91 Å². The number of nitrogens with zero attached hydrogens (tertiary/aromatic N) is 1. The maximum Gasteiger partial charge on any atom is 0.220 e. The number of hydrogen-bond donors (Lipinski definition) is 2. The Morgan fingerprint density at radius 2 is 1.86 bits per heavy atom.